The molecule has 0 atom stereocenters. The number of likely N-dealkylation sites (tertiary alicyclic amines) is 1. The Labute approximate surface area is 230 Å². The molecule has 0 spiro atoms. The van der Waals surface area contributed by atoms with E-state index in [4.69, 9.17) is 22.6 Å². The van der Waals surface area contributed by atoms with E-state index in [9.17, 15) is 0 Å². The first kappa shape index (κ1) is 24.8. The van der Waals surface area contributed by atoms with Gasteiger partial charge < -0.3 is 15.6 Å². The van der Waals surface area contributed by atoms with E-state index >= 15 is 0 Å². The summed E-state index contributed by atoms with van der Waals surface area (Å²) in [5.41, 5.74) is 11.3. The fraction of sp³-hybridized carbons (Fsp3) is 0.207. The van der Waals surface area contributed by atoms with Crippen LogP contribution in [0.4, 0.5) is 11.6 Å². The number of benzene rings is 1. The standard InChI is InChI=1S/C29H26ClN9/c30-26-15-24-20(17-35-26)14-25(23-2-1-10-34-29(23)32)39(24)22-5-3-19(4-6-22)18-38-12-8-21(9-13-38)36-27-7-11-33-28(16-31)37-27/h1-7,10-11,14-15,17,21H,8-9,12-13,18H2,(H2,32,34)(H,33,36,37). The Morgan fingerprint density at radius 3 is 2.62 bits per heavy atom. The van der Waals surface area contributed by atoms with E-state index in [1.807, 2.05) is 24.3 Å². The number of nitrogens with zero attached hydrogens (tertiary/aromatic N) is 7. The number of hydrogen-bond donors (Lipinski definition) is 2. The molecule has 0 unspecified atom stereocenters. The molecule has 5 aromatic rings. The Bertz CT molecular complexity index is 1670. The average Bonchev–Trinajstić information content (AvgIpc) is 3.33. The fourth-order valence-corrected chi connectivity index (χ4v) is 5.29. The van der Waals surface area contributed by atoms with Crippen LogP contribution in [0, 0.1) is 11.3 Å². The van der Waals surface area contributed by atoms with Crippen LogP contribution in [0.1, 0.15) is 24.2 Å². The van der Waals surface area contributed by atoms with Gasteiger partial charge in [-0.15, -0.1) is 0 Å². The van der Waals surface area contributed by atoms with Gasteiger partial charge in [-0.2, -0.15) is 5.26 Å². The number of pyridine rings is 2. The van der Waals surface area contributed by atoms with Crippen LogP contribution in [0.3, 0.4) is 0 Å². The fourth-order valence-electron chi connectivity index (χ4n) is 5.13. The summed E-state index contributed by atoms with van der Waals surface area (Å²) in [7, 11) is 0. The van der Waals surface area contributed by atoms with Crippen molar-refractivity contribution in [1.82, 2.24) is 29.4 Å². The maximum atomic E-state index is 9.02. The van der Waals surface area contributed by atoms with Gasteiger partial charge in [0.05, 0.1) is 11.2 Å². The number of piperidine rings is 1. The van der Waals surface area contributed by atoms with Crippen LogP contribution in [0.5, 0.6) is 0 Å². The zero-order chi connectivity index (χ0) is 26.8. The smallest absolute Gasteiger partial charge is 0.234 e. The van der Waals surface area contributed by atoms with Crippen molar-refractivity contribution >= 4 is 34.1 Å². The zero-order valence-corrected chi connectivity index (χ0v) is 21.9. The van der Waals surface area contributed by atoms with Gasteiger partial charge in [0.25, 0.3) is 0 Å². The quantitative estimate of drug-likeness (QED) is 0.289. The lowest BCUT2D eigenvalue weighted by Gasteiger charge is -2.32. The van der Waals surface area contributed by atoms with Crippen LogP contribution in [-0.2, 0) is 6.54 Å². The Balaban J connectivity index is 1.18. The Kier molecular flexibility index (Phi) is 6.80. The molecule has 39 heavy (non-hydrogen) atoms. The van der Waals surface area contributed by atoms with Crippen LogP contribution in [-0.4, -0.2) is 48.5 Å². The molecule has 0 bridgehead atoms. The summed E-state index contributed by atoms with van der Waals surface area (Å²) in [4.78, 5) is 19.2. The Hall–Kier alpha value is -4.52. The molecule has 6 rings (SSSR count). The van der Waals surface area contributed by atoms with Gasteiger partial charge in [-0.25, -0.2) is 19.9 Å². The third-order valence-corrected chi connectivity index (χ3v) is 7.27. The molecule has 9 nitrogen and oxygen atoms in total. The topological polar surface area (TPSA) is 122 Å². The molecule has 1 saturated heterocycles. The van der Waals surface area contributed by atoms with Crippen molar-refractivity contribution in [3.8, 4) is 23.0 Å². The molecule has 0 aliphatic carbocycles. The van der Waals surface area contributed by atoms with E-state index in [0.717, 1.165) is 60.3 Å². The number of aromatic nitrogens is 5. The molecule has 194 valence electrons. The summed E-state index contributed by atoms with van der Waals surface area (Å²) >= 11 is 6.28. The summed E-state index contributed by atoms with van der Waals surface area (Å²) in [6.45, 7) is 2.84. The molecule has 1 fully saturated rings. The van der Waals surface area contributed by atoms with Crippen LogP contribution in [0.15, 0.2) is 73.2 Å². The molecule has 3 N–H and O–H groups in total. The summed E-state index contributed by atoms with van der Waals surface area (Å²) < 4.78 is 2.15. The lowest BCUT2D eigenvalue weighted by Crippen LogP contribution is -2.38. The van der Waals surface area contributed by atoms with Gasteiger partial charge in [0.15, 0.2) is 0 Å². The molecule has 0 amide bonds. The molecular weight excluding hydrogens is 510 g/mol. The predicted octanol–water partition coefficient (Wildman–Crippen LogP) is 5.06. The Morgan fingerprint density at radius 2 is 1.85 bits per heavy atom. The first-order valence-corrected chi connectivity index (χ1v) is 13.1. The van der Waals surface area contributed by atoms with E-state index < -0.39 is 0 Å². The van der Waals surface area contributed by atoms with Gasteiger partial charge in [-0.1, -0.05) is 23.7 Å². The molecule has 1 aliphatic rings. The largest absolute Gasteiger partial charge is 0.383 e. The van der Waals surface area contributed by atoms with Crippen molar-refractivity contribution < 1.29 is 0 Å². The molecule has 10 heteroatoms. The number of anilines is 2. The van der Waals surface area contributed by atoms with Gasteiger partial charge in [0.2, 0.25) is 5.82 Å². The summed E-state index contributed by atoms with van der Waals surface area (Å²) in [5.74, 6) is 1.36. The second kappa shape index (κ2) is 10.7. The highest BCUT2D eigenvalue weighted by atomic mass is 35.5. The van der Waals surface area contributed by atoms with Crippen molar-refractivity contribution in [2.75, 3.05) is 24.1 Å². The van der Waals surface area contributed by atoms with Crippen molar-refractivity contribution in [2.45, 2.75) is 25.4 Å². The maximum absolute atomic E-state index is 9.02. The van der Waals surface area contributed by atoms with Crippen molar-refractivity contribution in [2.24, 2.45) is 0 Å². The average molecular weight is 536 g/mol. The lowest BCUT2D eigenvalue weighted by atomic mass is 10.0. The van der Waals surface area contributed by atoms with Crippen LogP contribution < -0.4 is 11.1 Å². The van der Waals surface area contributed by atoms with E-state index in [1.54, 1.807) is 24.7 Å². The molecule has 0 radical (unpaired) electrons. The van der Waals surface area contributed by atoms with E-state index in [1.165, 1.54) is 5.56 Å². The lowest BCUT2D eigenvalue weighted by molar-refractivity contribution is 0.211. The third kappa shape index (κ3) is 5.25. The number of nitrogens with one attached hydrogen (secondary N) is 1. The molecule has 4 aromatic heterocycles. The van der Waals surface area contributed by atoms with Gasteiger partial charge >= 0.3 is 0 Å². The van der Waals surface area contributed by atoms with E-state index in [0.29, 0.717) is 22.8 Å². The number of fused-ring (bicyclic) bond motifs is 1. The molecule has 0 saturated carbocycles. The highest BCUT2D eigenvalue weighted by molar-refractivity contribution is 6.30. The molecular formula is C29H26ClN9. The summed E-state index contributed by atoms with van der Waals surface area (Å²) in [6.07, 6.45) is 7.10. The second-order valence-corrected chi connectivity index (χ2v) is 9.99. The van der Waals surface area contributed by atoms with Crippen LogP contribution in [0.25, 0.3) is 27.8 Å². The number of nitrogen functional groups attached to an aromatic ring is 1. The third-order valence-electron chi connectivity index (χ3n) is 7.06. The molecule has 5 heterocycles. The number of rotatable bonds is 6. The molecule has 1 aromatic carbocycles. The SMILES string of the molecule is N#Cc1nccc(NC2CCN(Cc3ccc(-n4c(-c5cccnc5N)cc5cnc(Cl)cc54)cc3)CC2)n1. The van der Waals surface area contributed by atoms with Crippen molar-refractivity contribution in [3.63, 3.8) is 0 Å². The van der Waals surface area contributed by atoms with Gasteiger partial charge in [0.1, 0.15) is 22.9 Å². The number of halogens is 1. The summed E-state index contributed by atoms with van der Waals surface area (Å²) in [6, 6.07) is 20.5. The normalized spacial score (nSPS) is 14.4. The van der Waals surface area contributed by atoms with Crippen LogP contribution >= 0.6 is 11.6 Å². The maximum Gasteiger partial charge on any atom is 0.234 e. The second-order valence-electron chi connectivity index (χ2n) is 9.61. The highest BCUT2D eigenvalue weighted by Crippen LogP contribution is 2.34. The zero-order valence-electron chi connectivity index (χ0n) is 21.1. The predicted molar refractivity (Wildman–Crippen MR) is 152 cm³/mol. The van der Waals surface area contributed by atoms with E-state index in [2.05, 4.69) is 65.1 Å². The van der Waals surface area contributed by atoms with Gasteiger partial charge in [-0.05, 0) is 54.8 Å². The first-order valence-electron chi connectivity index (χ1n) is 12.8. The number of nitrogens with two attached hydrogens (primary N) is 1. The summed E-state index contributed by atoms with van der Waals surface area (Å²) in [5, 5.41) is 13.9. The van der Waals surface area contributed by atoms with E-state index in [-0.39, 0.29) is 5.82 Å². The van der Waals surface area contributed by atoms with Gasteiger partial charge in [-0.3, -0.25) is 4.90 Å². The van der Waals surface area contributed by atoms with Crippen molar-refractivity contribution in [3.05, 3.63) is 89.7 Å². The minimum Gasteiger partial charge on any atom is -0.383 e. The monoisotopic (exact) mass is 535 g/mol. The minimum absolute atomic E-state index is 0.185. The highest BCUT2D eigenvalue weighted by Gasteiger charge is 2.20. The number of nitriles is 1. The minimum atomic E-state index is 0.185. The van der Waals surface area contributed by atoms with Gasteiger partial charge in [0, 0.05) is 67.0 Å². The Morgan fingerprint density at radius 1 is 1.03 bits per heavy atom. The first-order chi connectivity index (χ1) is 19.1. The number of hydrogen-bond acceptors (Lipinski definition) is 8. The van der Waals surface area contributed by atoms with Crippen molar-refractivity contribution in [1.29, 1.82) is 5.26 Å². The molecule has 1 aliphatic heterocycles. The van der Waals surface area contributed by atoms with Crippen LogP contribution in [0.2, 0.25) is 5.15 Å².